The molecule has 0 spiro atoms. The SMILES string of the molecule is CCCCCCCCCCCCC(CCCCCCCCCC)CC(=O)OC(=O)[C@H](O)[C@@H](O)[C@H](O)[C@H](O)CO. The Morgan fingerprint density at radius 3 is 1.36 bits per heavy atom. The molecule has 8 heteroatoms. The fourth-order valence-electron chi connectivity index (χ4n) is 4.95. The van der Waals surface area contributed by atoms with Gasteiger partial charge in [0, 0.05) is 6.42 Å². The zero-order chi connectivity index (χ0) is 29.3. The third kappa shape index (κ3) is 20.5. The Hall–Kier alpha value is -1.06. The minimum atomic E-state index is -2.21. The van der Waals surface area contributed by atoms with Gasteiger partial charge in [0.1, 0.15) is 18.3 Å². The number of aliphatic hydroxyl groups is 5. The van der Waals surface area contributed by atoms with Crippen molar-refractivity contribution in [3.63, 3.8) is 0 Å². The molecular formula is C31H60O8. The van der Waals surface area contributed by atoms with Crippen LogP contribution in [0.15, 0.2) is 0 Å². The Morgan fingerprint density at radius 1 is 0.590 bits per heavy atom. The van der Waals surface area contributed by atoms with E-state index in [2.05, 4.69) is 13.8 Å². The maximum Gasteiger partial charge on any atom is 0.345 e. The molecule has 0 amide bonds. The van der Waals surface area contributed by atoms with Crippen LogP contribution < -0.4 is 0 Å². The number of hydrogen-bond acceptors (Lipinski definition) is 8. The van der Waals surface area contributed by atoms with E-state index in [9.17, 15) is 30.0 Å². The van der Waals surface area contributed by atoms with Crippen molar-refractivity contribution in [3.8, 4) is 0 Å². The molecule has 0 fully saturated rings. The van der Waals surface area contributed by atoms with Crippen molar-refractivity contribution in [1.82, 2.24) is 0 Å². The highest BCUT2D eigenvalue weighted by Crippen LogP contribution is 2.23. The second-order valence-electron chi connectivity index (χ2n) is 11.3. The zero-order valence-electron chi connectivity index (χ0n) is 24.9. The molecule has 232 valence electrons. The predicted molar refractivity (Wildman–Crippen MR) is 154 cm³/mol. The van der Waals surface area contributed by atoms with Crippen LogP contribution in [0.5, 0.6) is 0 Å². The van der Waals surface area contributed by atoms with Crippen molar-refractivity contribution < 1.29 is 39.9 Å². The van der Waals surface area contributed by atoms with E-state index in [1.165, 1.54) is 89.9 Å². The number of unbranched alkanes of at least 4 members (excludes halogenated alkanes) is 16. The van der Waals surface area contributed by atoms with Gasteiger partial charge in [0.25, 0.3) is 0 Å². The van der Waals surface area contributed by atoms with Crippen LogP contribution in [0.1, 0.15) is 149 Å². The number of esters is 2. The van der Waals surface area contributed by atoms with Gasteiger partial charge in [0.05, 0.1) is 6.61 Å². The van der Waals surface area contributed by atoms with Crippen LogP contribution in [0.4, 0.5) is 0 Å². The van der Waals surface area contributed by atoms with E-state index in [1.807, 2.05) is 0 Å². The van der Waals surface area contributed by atoms with E-state index in [1.54, 1.807) is 0 Å². The van der Waals surface area contributed by atoms with Crippen molar-refractivity contribution in [2.75, 3.05) is 6.61 Å². The van der Waals surface area contributed by atoms with E-state index < -0.39 is 43.0 Å². The Kier molecular flexibility index (Phi) is 25.2. The van der Waals surface area contributed by atoms with Gasteiger partial charge in [-0.1, -0.05) is 129 Å². The fourth-order valence-corrected chi connectivity index (χ4v) is 4.95. The normalized spacial score (nSPS) is 15.5. The summed E-state index contributed by atoms with van der Waals surface area (Å²) < 4.78 is 4.77. The van der Waals surface area contributed by atoms with Gasteiger partial charge in [-0.25, -0.2) is 4.79 Å². The molecule has 0 aliphatic heterocycles. The number of ether oxygens (including phenoxy) is 1. The van der Waals surface area contributed by atoms with E-state index in [4.69, 9.17) is 9.84 Å². The number of rotatable bonds is 27. The van der Waals surface area contributed by atoms with Crippen LogP contribution in [0.2, 0.25) is 0 Å². The lowest BCUT2D eigenvalue weighted by atomic mass is 9.91. The highest BCUT2D eigenvalue weighted by atomic mass is 16.6. The van der Waals surface area contributed by atoms with Gasteiger partial charge >= 0.3 is 11.9 Å². The van der Waals surface area contributed by atoms with Gasteiger partial charge in [-0.3, -0.25) is 4.79 Å². The molecule has 5 atom stereocenters. The summed E-state index contributed by atoms with van der Waals surface area (Å²) in [6.45, 7) is 3.57. The first-order chi connectivity index (χ1) is 18.8. The summed E-state index contributed by atoms with van der Waals surface area (Å²) in [7, 11) is 0. The van der Waals surface area contributed by atoms with E-state index in [-0.39, 0.29) is 12.3 Å². The molecule has 0 aromatic heterocycles. The van der Waals surface area contributed by atoms with Crippen LogP contribution in [0, 0.1) is 5.92 Å². The van der Waals surface area contributed by atoms with Crippen LogP contribution in [0.3, 0.4) is 0 Å². The van der Waals surface area contributed by atoms with E-state index >= 15 is 0 Å². The third-order valence-electron chi connectivity index (χ3n) is 7.60. The Bertz CT molecular complexity index is 585. The molecular weight excluding hydrogens is 500 g/mol. The largest absolute Gasteiger partial charge is 0.394 e. The molecule has 5 N–H and O–H groups in total. The minimum Gasteiger partial charge on any atom is -0.394 e. The molecule has 0 bridgehead atoms. The number of carbonyl (C=O) groups is 2. The van der Waals surface area contributed by atoms with Crippen LogP contribution >= 0.6 is 0 Å². The van der Waals surface area contributed by atoms with Crippen molar-refractivity contribution in [3.05, 3.63) is 0 Å². The maximum absolute atomic E-state index is 12.5. The maximum atomic E-state index is 12.5. The number of carbonyl (C=O) groups excluding carboxylic acids is 2. The molecule has 0 heterocycles. The second-order valence-corrected chi connectivity index (χ2v) is 11.3. The van der Waals surface area contributed by atoms with Crippen molar-refractivity contribution in [1.29, 1.82) is 0 Å². The lowest BCUT2D eigenvalue weighted by Crippen LogP contribution is -2.49. The first-order valence-corrected chi connectivity index (χ1v) is 15.9. The molecule has 0 saturated heterocycles. The summed E-state index contributed by atoms with van der Waals surface area (Å²) in [5.41, 5.74) is 0. The van der Waals surface area contributed by atoms with E-state index in [0.29, 0.717) is 0 Å². The highest BCUT2D eigenvalue weighted by Gasteiger charge is 2.36. The molecule has 39 heavy (non-hydrogen) atoms. The molecule has 0 radical (unpaired) electrons. The molecule has 0 aliphatic rings. The van der Waals surface area contributed by atoms with Crippen LogP contribution in [-0.4, -0.2) is 68.5 Å². The molecule has 0 aromatic carbocycles. The van der Waals surface area contributed by atoms with E-state index in [0.717, 1.165) is 38.5 Å². The van der Waals surface area contributed by atoms with Crippen molar-refractivity contribution in [2.24, 2.45) is 5.92 Å². The van der Waals surface area contributed by atoms with Crippen molar-refractivity contribution >= 4 is 11.9 Å². The molecule has 0 aromatic rings. The summed E-state index contributed by atoms with van der Waals surface area (Å²) in [6.07, 6.45) is 15.8. The molecule has 1 unspecified atom stereocenters. The highest BCUT2D eigenvalue weighted by molar-refractivity contribution is 5.88. The Labute approximate surface area is 237 Å². The first kappa shape index (κ1) is 37.9. The molecule has 8 nitrogen and oxygen atoms in total. The van der Waals surface area contributed by atoms with Gasteiger partial charge in [-0.05, 0) is 18.8 Å². The first-order valence-electron chi connectivity index (χ1n) is 15.9. The second kappa shape index (κ2) is 25.9. The van der Waals surface area contributed by atoms with Gasteiger partial charge in [-0.15, -0.1) is 0 Å². The van der Waals surface area contributed by atoms with Gasteiger partial charge in [0.15, 0.2) is 6.10 Å². The summed E-state index contributed by atoms with van der Waals surface area (Å²) in [6, 6.07) is 0. The summed E-state index contributed by atoms with van der Waals surface area (Å²) >= 11 is 0. The molecule has 0 rings (SSSR count). The van der Waals surface area contributed by atoms with Gasteiger partial charge in [0.2, 0.25) is 0 Å². The third-order valence-corrected chi connectivity index (χ3v) is 7.60. The average molecular weight is 561 g/mol. The minimum absolute atomic E-state index is 0.0598. The monoisotopic (exact) mass is 560 g/mol. The lowest BCUT2D eigenvalue weighted by Gasteiger charge is -2.24. The summed E-state index contributed by atoms with van der Waals surface area (Å²) in [4.78, 5) is 24.6. The molecule has 0 saturated carbocycles. The zero-order valence-corrected chi connectivity index (χ0v) is 24.9. The Morgan fingerprint density at radius 2 is 0.974 bits per heavy atom. The predicted octanol–water partition coefficient (Wildman–Crippen LogP) is 5.34. The number of hydrogen-bond donors (Lipinski definition) is 5. The lowest BCUT2D eigenvalue weighted by molar-refractivity contribution is -0.177. The standard InChI is InChI=1S/C31H60O8/c1-3-5-7-9-11-13-14-16-18-20-22-25(21-19-17-15-12-10-8-6-4-2)23-27(34)39-31(38)30(37)29(36)28(35)26(33)24-32/h25-26,28-30,32-33,35-37H,3-24H2,1-2H3/t25?,26-,28-,29+,30-/m1/s1. The quantitative estimate of drug-likeness (QED) is 0.0514. The summed E-state index contributed by atoms with van der Waals surface area (Å²) in [5.74, 6) is -2.05. The summed E-state index contributed by atoms with van der Waals surface area (Å²) in [5, 5.41) is 47.8. The topological polar surface area (TPSA) is 145 Å². The van der Waals surface area contributed by atoms with Crippen LogP contribution in [-0.2, 0) is 14.3 Å². The van der Waals surface area contributed by atoms with Gasteiger partial charge < -0.3 is 30.3 Å². The van der Waals surface area contributed by atoms with Crippen molar-refractivity contribution in [2.45, 2.75) is 173 Å². The van der Waals surface area contributed by atoms with Gasteiger partial charge in [-0.2, -0.15) is 0 Å². The molecule has 0 aliphatic carbocycles. The number of aliphatic hydroxyl groups excluding tert-OH is 5. The fraction of sp³-hybridized carbons (Fsp3) is 0.935. The van der Waals surface area contributed by atoms with Crippen LogP contribution in [0.25, 0.3) is 0 Å². The average Bonchev–Trinajstić information content (AvgIpc) is 2.93. The Balaban J connectivity index is 4.55. The smallest absolute Gasteiger partial charge is 0.345 e.